The predicted octanol–water partition coefficient (Wildman–Crippen LogP) is 3.21. The highest BCUT2D eigenvalue weighted by Gasteiger charge is 2.25. The van der Waals surface area contributed by atoms with Crippen LogP contribution in [0.5, 0.6) is 0 Å². The molecule has 0 aliphatic carbocycles. The Morgan fingerprint density at radius 2 is 1.69 bits per heavy atom. The number of para-hydroxylation sites is 2. The number of hydrogen-bond acceptors (Lipinski definition) is 2. The minimum absolute atomic E-state index is 0.0265. The van der Waals surface area contributed by atoms with Crippen LogP contribution in [0.1, 0.15) is 24.4 Å². The fraction of sp³-hybridized carbons (Fsp3) is 0.238. The smallest absolute Gasteiger partial charge is 0.326 e. The minimum atomic E-state index is -0.0695. The highest BCUT2D eigenvalue weighted by Crippen LogP contribution is 2.25. The second-order valence-corrected chi connectivity index (χ2v) is 6.62. The minimum Gasteiger partial charge on any atom is -0.339 e. The zero-order valence-corrected chi connectivity index (χ0v) is 14.5. The Morgan fingerprint density at radius 3 is 2.46 bits per heavy atom. The lowest BCUT2D eigenvalue weighted by Gasteiger charge is -2.32. The Morgan fingerprint density at radius 1 is 1.00 bits per heavy atom. The van der Waals surface area contributed by atoms with Gasteiger partial charge >= 0.3 is 5.69 Å². The second-order valence-electron chi connectivity index (χ2n) is 6.62. The number of H-pyrrole nitrogens is 1. The number of likely N-dealkylation sites (tertiary alicyclic amines) is 1. The number of nitrogens with zero attached hydrogens (tertiary/aromatic N) is 2. The van der Waals surface area contributed by atoms with Gasteiger partial charge in [-0.05, 0) is 36.6 Å². The van der Waals surface area contributed by atoms with E-state index in [9.17, 15) is 9.59 Å². The fourth-order valence-corrected chi connectivity index (χ4v) is 3.62. The average molecular weight is 347 g/mol. The summed E-state index contributed by atoms with van der Waals surface area (Å²) in [6, 6.07) is 17.7. The molecule has 0 bridgehead atoms. The molecule has 1 N–H and O–H groups in total. The van der Waals surface area contributed by atoms with Crippen LogP contribution in [0.25, 0.3) is 17.1 Å². The Labute approximate surface area is 151 Å². The van der Waals surface area contributed by atoms with Gasteiger partial charge in [-0.3, -0.25) is 9.36 Å². The highest BCUT2D eigenvalue weighted by molar-refractivity contribution is 5.91. The third-order valence-corrected chi connectivity index (χ3v) is 4.98. The Hall–Kier alpha value is -3.08. The van der Waals surface area contributed by atoms with Crippen LogP contribution in [0, 0.1) is 0 Å². The molecule has 0 spiro atoms. The molecule has 3 aromatic rings. The summed E-state index contributed by atoms with van der Waals surface area (Å²) < 4.78 is 1.84. The van der Waals surface area contributed by atoms with E-state index in [-0.39, 0.29) is 17.6 Å². The van der Waals surface area contributed by atoms with E-state index in [2.05, 4.69) is 4.98 Å². The summed E-state index contributed by atoms with van der Waals surface area (Å²) in [5.74, 6) is 0.0265. The van der Waals surface area contributed by atoms with E-state index in [0.29, 0.717) is 13.1 Å². The van der Waals surface area contributed by atoms with Gasteiger partial charge in [-0.15, -0.1) is 0 Å². The lowest BCUT2D eigenvalue weighted by Crippen LogP contribution is -2.39. The Bertz CT molecular complexity index is 993. The molecule has 5 nitrogen and oxygen atoms in total. The molecule has 1 fully saturated rings. The predicted molar refractivity (Wildman–Crippen MR) is 103 cm³/mol. The summed E-state index contributed by atoms with van der Waals surface area (Å²) in [5, 5.41) is 0. The quantitative estimate of drug-likeness (QED) is 0.740. The van der Waals surface area contributed by atoms with Gasteiger partial charge < -0.3 is 9.88 Å². The van der Waals surface area contributed by atoms with Crippen molar-refractivity contribution in [2.24, 2.45) is 0 Å². The van der Waals surface area contributed by atoms with E-state index >= 15 is 0 Å². The maximum Gasteiger partial charge on any atom is 0.326 e. The van der Waals surface area contributed by atoms with Gasteiger partial charge in [0.15, 0.2) is 0 Å². The number of piperidine rings is 1. The number of hydrogen-bond donors (Lipinski definition) is 1. The first-order valence-corrected chi connectivity index (χ1v) is 8.93. The Balaban J connectivity index is 1.44. The van der Waals surface area contributed by atoms with E-state index < -0.39 is 0 Å². The summed E-state index contributed by atoms with van der Waals surface area (Å²) in [6.45, 7) is 1.32. The van der Waals surface area contributed by atoms with Crippen LogP contribution in [-0.2, 0) is 4.79 Å². The summed E-state index contributed by atoms with van der Waals surface area (Å²) in [4.78, 5) is 29.5. The van der Waals surface area contributed by atoms with Crippen molar-refractivity contribution in [2.45, 2.75) is 18.9 Å². The standard InChI is InChI=1S/C21H21N3O2/c25-20(11-10-16-6-2-1-3-7-16)23-14-12-17(13-15-23)24-19-9-5-4-8-18(19)22-21(24)26/h1-11,17H,12-15H2,(H,22,26)/b11-10+. The van der Waals surface area contributed by atoms with Gasteiger partial charge in [0.25, 0.3) is 0 Å². The third-order valence-electron chi connectivity index (χ3n) is 4.98. The molecule has 2 aromatic carbocycles. The molecule has 0 atom stereocenters. The first kappa shape index (κ1) is 16.4. The van der Waals surface area contributed by atoms with E-state index in [0.717, 1.165) is 29.4 Å². The first-order valence-electron chi connectivity index (χ1n) is 8.93. The number of fused-ring (bicyclic) bond motifs is 1. The largest absolute Gasteiger partial charge is 0.339 e. The number of imidazole rings is 1. The molecule has 1 amide bonds. The molecule has 26 heavy (non-hydrogen) atoms. The van der Waals surface area contributed by atoms with Crippen molar-refractivity contribution >= 4 is 23.0 Å². The average Bonchev–Trinajstić information content (AvgIpc) is 3.03. The SMILES string of the molecule is O=C(/C=C/c1ccccc1)N1CCC(n2c(=O)[nH]c3ccccc32)CC1. The number of aromatic nitrogens is 2. The summed E-state index contributed by atoms with van der Waals surface area (Å²) in [6.07, 6.45) is 5.05. The summed E-state index contributed by atoms with van der Waals surface area (Å²) in [5.41, 5.74) is 2.74. The second kappa shape index (κ2) is 7.04. The normalized spacial score (nSPS) is 15.8. The number of amides is 1. The molecule has 1 aliphatic heterocycles. The van der Waals surface area contributed by atoms with Gasteiger partial charge in [-0.1, -0.05) is 42.5 Å². The summed E-state index contributed by atoms with van der Waals surface area (Å²) in [7, 11) is 0. The van der Waals surface area contributed by atoms with Crippen molar-refractivity contribution in [1.82, 2.24) is 14.5 Å². The van der Waals surface area contributed by atoms with Crippen LogP contribution in [0.4, 0.5) is 0 Å². The Kier molecular flexibility index (Phi) is 4.44. The fourth-order valence-electron chi connectivity index (χ4n) is 3.62. The van der Waals surface area contributed by atoms with E-state index in [1.54, 1.807) is 6.08 Å². The van der Waals surface area contributed by atoms with Crippen molar-refractivity contribution in [1.29, 1.82) is 0 Å². The molecule has 0 radical (unpaired) electrons. The maximum absolute atomic E-state index is 12.4. The molecule has 4 rings (SSSR count). The molecule has 0 saturated carbocycles. The van der Waals surface area contributed by atoms with Gasteiger partial charge in [-0.25, -0.2) is 4.79 Å². The maximum atomic E-state index is 12.4. The third kappa shape index (κ3) is 3.20. The summed E-state index contributed by atoms with van der Waals surface area (Å²) >= 11 is 0. The van der Waals surface area contributed by atoms with Crippen LogP contribution in [0.3, 0.4) is 0 Å². The molecule has 0 unspecified atom stereocenters. The van der Waals surface area contributed by atoms with E-state index in [1.807, 2.05) is 70.1 Å². The van der Waals surface area contributed by atoms with Crippen LogP contribution in [0.2, 0.25) is 0 Å². The van der Waals surface area contributed by atoms with E-state index in [4.69, 9.17) is 0 Å². The molecular weight excluding hydrogens is 326 g/mol. The van der Waals surface area contributed by atoms with Gasteiger partial charge in [0.2, 0.25) is 5.91 Å². The van der Waals surface area contributed by atoms with Gasteiger partial charge in [0, 0.05) is 25.2 Å². The van der Waals surface area contributed by atoms with E-state index in [1.165, 1.54) is 0 Å². The zero-order chi connectivity index (χ0) is 17.9. The molecule has 132 valence electrons. The van der Waals surface area contributed by atoms with Crippen LogP contribution < -0.4 is 5.69 Å². The zero-order valence-electron chi connectivity index (χ0n) is 14.5. The first-order chi connectivity index (χ1) is 12.7. The van der Waals surface area contributed by atoms with Gasteiger partial charge in [-0.2, -0.15) is 0 Å². The van der Waals surface area contributed by atoms with Gasteiger partial charge in [0.1, 0.15) is 0 Å². The lowest BCUT2D eigenvalue weighted by atomic mass is 10.0. The van der Waals surface area contributed by atoms with Crippen molar-refractivity contribution in [2.75, 3.05) is 13.1 Å². The topological polar surface area (TPSA) is 58.1 Å². The van der Waals surface area contributed by atoms with Crippen LogP contribution in [0.15, 0.2) is 65.5 Å². The molecule has 2 heterocycles. The van der Waals surface area contributed by atoms with Crippen LogP contribution in [-0.4, -0.2) is 33.4 Å². The number of carbonyl (C=O) groups excluding carboxylic acids is 1. The highest BCUT2D eigenvalue weighted by atomic mass is 16.2. The van der Waals surface area contributed by atoms with Crippen molar-refractivity contribution in [3.05, 3.63) is 76.7 Å². The van der Waals surface area contributed by atoms with Gasteiger partial charge in [0.05, 0.1) is 11.0 Å². The number of nitrogens with one attached hydrogen (secondary N) is 1. The van der Waals surface area contributed by atoms with Crippen molar-refractivity contribution in [3.8, 4) is 0 Å². The van der Waals surface area contributed by atoms with Crippen LogP contribution >= 0.6 is 0 Å². The van der Waals surface area contributed by atoms with Crippen molar-refractivity contribution in [3.63, 3.8) is 0 Å². The number of aromatic amines is 1. The molecular formula is C21H21N3O2. The van der Waals surface area contributed by atoms with Crippen molar-refractivity contribution < 1.29 is 4.79 Å². The number of rotatable bonds is 3. The number of carbonyl (C=O) groups is 1. The molecule has 1 saturated heterocycles. The number of benzene rings is 2. The lowest BCUT2D eigenvalue weighted by molar-refractivity contribution is -0.127. The molecule has 1 aliphatic rings. The molecule has 1 aromatic heterocycles. The monoisotopic (exact) mass is 347 g/mol. The molecule has 5 heteroatoms.